The lowest BCUT2D eigenvalue weighted by atomic mass is 9.97. The molecule has 2 rings (SSSR count). The Morgan fingerprint density at radius 3 is 2.46 bits per heavy atom. The zero-order chi connectivity index (χ0) is 18.0. The van der Waals surface area contributed by atoms with Crippen LogP contribution < -0.4 is 5.32 Å². The quantitative estimate of drug-likeness (QED) is 0.623. The molecule has 0 bridgehead atoms. The summed E-state index contributed by atoms with van der Waals surface area (Å²) >= 11 is 0. The number of rotatable bonds is 6. The number of hydrogen-bond acceptors (Lipinski definition) is 3. The van der Waals surface area contributed by atoms with Crippen molar-refractivity contribution in [3.63, 3.8) is 0 Å². The minimum Gasteiger partial charge on any atom is -0.374 e. The molecule has 0 aliphatic rings. The standard InChI is InChI=1S/C15H16F5N3O/c1-23-7-6-22-13(23)14(24,15(18,19)20)4-5-21-9-10-2-3-11(16)12(17)8-10/h2-3,6-8,21,24H,4-5,9H2,1H3/t14-/m0/s1. The predicted octanol–water partition coefficient (Wildman–Crippen LogP) is 2.63. The van der Waals surface area contributed by atoms with Crippen LogP contribution in [0.3, 0.4) is 0 Å². The summed E-state index contributed by atoms with van der Waals surface area (Å²) in [7, 11) is 1.35. The molecule has 9 heteroatoms. The highest BCUT2D eigenvalue weighted by atomic mass is 19.4. The number of nitrogens with one attached hydrogen (secondary N) is 1. The summed E-state index contributed by atoms with van der Waals surface area (Å²) in [5.74, 6) is -2.54. The van der Waals surface area contributed by atoms with Gasteiger partial charge in [0.1, 0.15) is 5.82 Å². The molecule has 1 heterocycles. The second-order valence-electron chi connectivity index (χ2n) is 5.40. The van der Waals surface area contributed by atoms with Gasteiger partial charge in [0.2, 0.25) is 5.60 Å². The Morgan fingerprint density at radius 2 is 1.92 bits per heavy atom. The number of benzene rings is 1. The Balaban J connectivity index is 2.02. The van der Waals surface area contributed by atoms with Crippen molar-refractivity contribution in [2.75, 3.05) is 6.54 Å². The highest BCUT2D eigenvalue weighted by Crippen LogP contribution is 2.40. The molecule has 2 N–H and O–H groups in total. The number of aromatic nitrogens is 2. The molecule has 0 aliphatic carbocycles. The summed E-state index contributed by atoms with van der Waals surface area (Å²) in [4.78, 5) is 3.59. The third-order valence-corrected chi connectivity index (χ3v) is 3.64. The van der Waals surface area contributed by atoms with Gasteiger partial charge in [-0.2, -0.15) is 13.2 Å². The van der Waals surface area contributed by atoms with E-state index in [4.69, 9.17) is 0 Å². The lowest BCUT2D eigenvalue weighted by Crippen LogP contribution is -2.46. The fourth-order valence-electron chi connectivity index (χ4n) is 2.30. The monoisotopic (exact) mass is 349 g/mol. The molecule has 132 valence electrons. The van der Waals surface area contributed by atoms with Crippen LogP contribution in [0.1, 0.15) is 17.8 Å². The SMILES string of the molecule is Cn1ccnc1[C@@](O)(CCNCc1ccc(F)c(F)c1)C(F)(F)F. The highest BCUT2D eigenvalue weighted by molar-refractivity contribution is 5.17. The van der Waals surface area contributed by atoms with Crippen molar-refractivity contribution in [3.05, 3.63) is 53.6 Å². The molecule has 0 aliphatic heterocycles. The maximum Gasteiger partial charge on any atom is 0.424 e. The number of hydrogen-bond donors (Lipinski definition) is 2. The number of nitrogens with zero attached hydrogens (tertiary/aromatic N) is 2. The molecular weight excluding hydrogens is 333 g/mol. The lowest BCUT2D eigenvalue weighted by Gasteiger charge is -2.30. The Bertz CT molecular complexity index is 701. The van der Waals surface area contributed by atoms with Crippen molar-refractivity contribution < 1.29 is 27.1 Å². The molecule has 2 aromatic rings. The fraction of sp³-hybridized carbons (Fsp3) is 0.400. The van der Waals surface area contributed by atoms with E-state index in [0.29, 0.717) is 5.56 Å². The van der Waals surface area contributed by atoms with Crippen molar-refractivity contribution in [2.24, 2.45) is 7.05 Å². The second kappa shape index (κ2) is 6.86. The fourth-order valence-corrected chi connectivity index (χ4v) is 2.30. The van der Waals surface area contributed by atoms with Crippen LogP contribution in [0.15, 0.2) is 30.6 Å². The molecule has 0 spiro atoms. The zero-order valence-corrected chi connectivity index (χ0v) is 12.7. The molecule has 0 unspecified atom stereocenters. The van der Waals surface area contributed by atoms with Gasteiger partial charge in [0.05, 0.1) is 0 Å². The maximum absolute atomic E-state index is 13.3. The summed E-state index contributed by atoms with van der Waals surface area (Å²) in [6.07, 6.45) is -3.11. The van der Waals surface area contributed by atoms with Crippen LogP contribution in [0, 0.1) is 11.6 Å². The average Bonchev–Trinajstić information content (AvgIpc) is 2.92. The number of imidazole rings is 1. The first-order valence-corrected chi connectivity index (χ1v) is 7.06. The first-order valence-electron chi connectivity index (χ1n) is 7.06. The number of alkyl halides is 3. The average molecular weight is 349 g/mol. The van der Waals surface area contributed by atoms with Crippen LogP contribution in [0.25, 0.3) is 0 Å². The van der Waals surface area contributed by atoms with Crippen LogP contribution in [0.5, 0.6) is 0 Å². The topological polar surface area (TPSA) is 50.1 Å². The van der Waals surface area contributed by atoms with Gasteiger partial charge in [-0.25, -0.2) is 13.8 Å². The first kappa shape index (κ1) is 18.3. The number of aryl methyl sites for hydroxylation is 1. The van der Waals surface area contributed by atoms with Gasteiger partial charge >= 0.3 is 6.18 Å². The lowest BCUT2D eigenvalue weighted by molar-refractivity contribution is -0.272. The van der Waals surface area contributed by atoms with Crippen molar-refractivity contribution in [1.82, 2.24) is 14.9 Å². The van der Waals surface area contributed by atoms with E-state index < -0.39 is 35.7 Å². The Kier molecular flexibility index (Phi) is 5.24. The predicted molar refractivity (Wildman–Crippen MR) is 75.8 cm³/mol. The molecule has 0 saturated carbocycles. The Morgan fingerprint density at radius 1 is 1.21 bits per heavy atom. The summed E-state index contributed by atoms with van der Waals surface area (Å²) in [5, 5.41) is 12.8. The smallest absolute Gasteiger partial charge is 0.374 e. The normalized spacial score (nSPS) is 14.6. The van der Waals surface area contributed by atoms with Gasteiger partial charge in [-0.15, -0.1) is 0 Å². The zero-order valence-electron chi connectivity index (χ0n) is 12.7. The first-order chi connectivity index (χ1) is 11.1. The van der Waals surface area contributed by atoms with E-state index in [1.807, 2.05) is 0 Å². The molecule has 1 aromatic carbocycles. The summed E-state index contributed by atoms with van der Waals surface area (Å²) in [5.41, 5.74) is -2.73. The highest BCUT2D eigenvalue weighted by Gasteiger charge is 2.56. The molecule has 0 amide bonds. The van der Waals surface area contributed by atoms with Gasteiger partial charge in [-0.3, -0.25) is 0 Å². The van der Waals surface area contributed by atoms with Crippen molar-refractivity contribution in [3.8, 4) is 0 Å². The van der Waals surface area contributed by atoms with Gasteiger partial charge in [0, 0.05) is 32.4 Å². The Hall–Kier alpha value is -2.00. The van der Waals surface area contributed by atoms with Gasteiger partial charge in [0.25, 0.3) is 0 Å². The molecule has 0 saturated heterocycles. The largest absolute Gasteiger partial charge is 0.424 e. The van der Waals surface area contributed by atoms with Crippen LogP contribution in [-0.2, 0) is 19.2 Å². The van der Waals surface area contributed by atoms with E-state index >= 15 is 0 Å². The maximum atomic E-state index is 13.3. The van der Waals surface area contributed by atoms with Crippen LogP contribution >= 0.6 is 0 Å². The summed E-state index contributed by atoms with van der Waals surface area (Å²) in [6.45, 7) is -0.173. The molecule has 24 heavy (non-hydrogen) atoms. The van der Waals surface area contributed by atoms with Crippen LogP contribution in [0.2, 0.25) is 0 Å². The van der Waals surface area contributed by atoms with E-state index in [0.717, 1.165) is 16.7 Å². The molecular formula is C15H16F5N3O. The van der Waals surface area contributed by atoms with Crippen LogP contribution in [-0.4, -0.2) is 27.4 Å². The van der Waals surface area contributed by atoms with Gasteiger partial charge in [0.15, 0.2) is 11.6 Å². The van der Waals surface area contributed by atoms with Gasteiger partial charge in [-0.1, -0.05) is 6.07 Å². The number of aliphatic hydroxyl groups is 1. The van der Waals surface area contributed by atoms with Crippen molar-refractivity contribution in [2.45, 2.75) is 24.7 Å². The van der Waals surface area contributed by atoms with Crippen molar-refractivity contribution in [1.29, 1.82) is 0 Å². The molecule has 0 fully saturated rings. The second-order valence-corrected chi connectivity index (χ2v) is 5.40. The molecule has 1 atom stereocenters. The minimum atomic E-state index is -4.91. The Labute approximate surface area is 134 Å². The molecule has 0 radical (unpaired) electrons. The summed E-state index contributed by atoms with van der Waals surface area (Å²) < 4.78 is 66.8. The minimum absolute atomic E-state index is 0.0334. The van der Waals surface area contributed by atoms with Crippen molar-refractivity contribution >= 4 is 0 Å². The van der Waals surface area contributed by atoms with E-state index in [1.54, 1.807) is 0 Å². The van der Waals surface area contributed by atoms with E-state index in [1.165, 1.54) is 25.5 Å². The van der Waals surface area contributed by atoms with Gasteiger partial charge < -0.3 is 15.0 Å². The van der Waals surface area contributed by atoms with Crippen LogP contribution in [0.4, 0.5) is 22.0 Å². The van der Waals surface area contributed by atoms with E-state index in [9.17, 15) is 27.1 Å². The summed E-state index contributed by atoms with van der Waals surface area (Å²) in [6, 6.07) is 3.21. The third kappa shape index (κ3) is 3.73. The molecule has 1 aromatic heterocycles. The third-order valence-electron chi connectivity index (χ3n) is 3.64. The van der Waals surface area contributed by atoms with E-state index in [-0.39, 0.29) is 13.1 Å². The number of halogens is 5. The molecule has 4 nitrogen and oxygen atoms in total. The van der Waals surface area contributed by atoms with E-state index in [2.05, 4.69) is 10.3 Å². The van der Waals surface area contributed by atoms with Gasteiger partial charge in [-0.05, 0) is 24.2 Å².